The molecule has 0 saturated heterocycles. The minimum atomic E-state index is -0.378. The zero-order chi connectivity index (χ0) is 17.6. The van der Waals surface area contributed by atoms with E-state index >= 15 is 0 Å². The Morgan fingerprint density at radius 2 is 1.83 bits per heavy atom. The van der Waals surface area contributed by atoms with Gasteiger partial charge >= 0.3 is 0 Å². The van der Waals surface area contributed by atoms with Gasteiger partial charge in [0.25, 0.3) is 0 Å². The number of rotatable bonds is 13. The van der Waals surface area contributed by atoms with Crippen LogP contribution in [0.2, 0.25) is 0 Å². The zero-order valence-corrected chi connectivity index (χ0v) is 15.6. The summed E-state index contributed by atoms with van der Waals surface area (Å²) in [5, 5.41) is 10.1. The highest BCUT2D eigenvalue weighted by Crippen LogP contribution is 2.27. The van der Waals surface area contributed by atoms with Crippen LogP contribution in [-0.4, -0.2) is 17.0 Å². The van der Waals surface area contributed by atoms with E-state index in [1.165, 1.54) is 38.5 Å². The monoisotopic (exact) mass is 332 g/mol. The first kappa shape index (κ1) is 20.9. The molecule has 0 fully saturated rings. The van der Waals surface area contributed by atoms with E-state index in [1.54, 1.807) is 6.08 Å². The van der Waals surface area contributed by atoms with Crippen LogP contribution in [-0.2, 0) is 4.79 Å². The first-order valence-corrected chi connectivity index (χ1v) is 9.92. The maximum atomic E-state index is 12.0. The summed E-state index contributed by atoms with van der Waals surface area (Å²) >= 11 is 0. The Kier molecular flexibility index (Phi) is 11.5. The molecule has 3 unspecified atom stereocenters. The number of ketones is 1. The molecule has 0 aromatic heterocycles. The van der Waals surface area contributed by atoms with E-state index < -0.39 is 0 Å². The van der Waals surface area contributed by atoms with Gasteiger partial charge in [-0.15, -0.1) is 0 Å². The second-order valence-electron chi connectivity index (χ2n) is 6.95. The largest absolute Gasteiger partial charge is 0.389 e. The van der Waals surface area contributed by atoms with E-state index in [4.69, 9.17) is 0 Å². The van der Waals surface area contributed by atoms with Gasteiger partial charge in [-0.2, -0.15) is 0 Å². The fourth-order valence-electron chi connectivity index (χ4n) is 3.12. The third-order valence-electron chi connectivity index (χ3n) is 4.75. The van der Waals surface area contributed by atoms with Gasteiger partial charge in [-0.25, -0.2) is 0 Å². The standard InChI is InChI=1S/C22H36O2/c1-3-5-7-9-11-13-20(23)17-15-19-16-18-22(24)21(19)14-12-10-8-6-4-2/h10,12,15-21,23H,3-9,11,13-14H2,1-2H3/b12-10+,17-15+. The topological polar surface area (TPSA) is 37.3 Å². The van der Waals surface area contributed by atoms with Crippen molar-refractivity contribution in [3.8, 4) is 0 Å². The van der Waals surface area contributed by atoms with Crippen molar-refractivity contribution in [2.75, 3.05) is 0 Å². The van der Waals surface area contributed by atoms with Crippen molar-refractivity contribution in [1.29, 1.82) is 0 Å². The van der Waals surface area contributed by atoms with Crippen molar-refractivity contribution in [3.63, 3.8) is 0 Å². The summed E-state index contributed by atoms with van der Waals surface area (Å²) in [5.41, 5.74) is 0. The lowest BCUT2D eigenvalue weighted by molar-refractivity contribution is -0.117. The molecule has 0 saturated carbocycles. The number of allylic oxidation sites excluding steroid dienone is 5. The molecule has 24 heavy (non-hydrogen) atoms. The molecule has 2 nitrogen and oxygen atoms in total. The van der Waals surface area contributed by atoms with Gasteiger partial charge in [0, 0.05) is 11.8 Å². The highest BCUT2D eigenvalue weighted by Gasteiger charge is 2.27. The molecule has 0 aromatic carbocycles. The molecule has 0 amide bonds. The predicted molar refractivity (Wildman–Crippen MR) is 103 cm³/mol. The fourth-order valence-corrected chi connectivity index (χ4v) is 3.12. The Morgan fingerprint density at radius 3 is 2.58 bits per heavy atom. The maximum Gasteiger partial charge on any atom is 0.159 e. The lowest BCUT2D eigenvalue weighted by atomic mass is 9.90. The highest BCUT2D eigenvalue weighted by molar-refractivity contribution is 5.95. The molecule has 0 bridgehead atoms. The first-order chi connectivity index (χ1) is 11.7. The van der Waals surface area contributed by atoms with E-state index in [2.05, 4.69) is 26.0 Å². The van der Waals surface area contributed by atoms with Crippen LogP contribution in [0.25, 0.3) is 0 Å². The number of carbonyl (C=O) groups is 1. The Hall–Kier alpha value is -1.15. The van der Waals surface area contributed by atoms with Gasteiger partial charge in [0.05, 0.1) is 6.10 Å². The number of carbonyl (C=O) groups excluding carboxylic acids is 1. The van der Waals surface area contributed by atoms with E-state index in [9.17, 15) is 9.90 Å². The highest BCUT2D eigenvalue weighted by atomic mass is 16.3. The lowest BCUT2D eigenvalue weighted by Crippen LogP contribution is -2.14. The van der Waals surface area contributed by atoms with Crippen molar-refractivity contribution in [2.24, 2.45) is 11.8 Å². The van der Waals surface area contributed by atoms with Crippen LogP contribution in [0.5, 0.6) is 0 Å². The van der Waals surface area contributed by atoms with Crippen LogP contribution in [0, 0.1) is 11.8 Å². The second kappa shape index (κ2) is 13.2. The van der Waals surface area contributed by atoms with Crippen LogP contribution in [0.4, 0.5) is 0 Å². The molecule has 3 atom stereocenters. The normalized spacial score (nSPS) is 22.2. The summed E-state index contributed by atoms with van der Waals surface area (Å²) in [5.74, 6) is 0.387. The van der Waals surface area contributed by atoms with Crippen LogP contribution in [0.15, 0.2) is 36.5 Å². The van der Waals surface area contributed by atoms with Gasteiger partial charge < -0.3 is 5.11 Å². The number of unbranched alkanes of at least 4 members (excludes halogenated alkanes) is 6. The lowest BCUT2D eigenvalue weighted by Gasteiger charge is -2.13. The Morgan fingerprint density at radius 1 is 1.08 bits per heavy atom. The van der Waals surface area contributed by atoms with Crippen LogP contribution >= 0.6 is 0 Å². The van der Waals surface area contributed by atoms with Gasteiger partial charge in [-0.3, -0.25) is 4.79 Å². The molecule has 2 heteroatoms. The number of hydrogen-bond acceptors (Lipinski definition) is 2. The van der Waals surface area contributed by atoms with Gasteiger partial charge in [0.2, 0.25) is 0 Å². The summed E-state index contributed by atoms with van der Waals surface area (Å²) in [6.45, 7) is 4.40. The third-order valence-corrected chi connectivity index (χ3v) is 4.75. The Bertz CT molecular complexity index is 420. The molecule has 1 N–H and O–H groups in total. The molecule has 1 rings (SSSR count). The third kappa shape index (κ3) is 8.63. The van der Waals surface area contributed by atoms with Crippen molar-refractivity contribution >= 4 is 5.78 Å². The van der Waals surface area contributed by atoms with Crippen molar-refractivity contribution in [3.05, 3.63) is 36.5 Å². The van der Waals surface area contributed by atoms with E-state index in [1.807, 2.05) is 18.2 Å². The molecule has 0 aliphatic heterocycles. The van der Waals surface area contributed by atoms with Gasteiger partial charge in [0.1, 0.15) is 0 Å². The van der Waals surface area contributed by atoms with Crippen LogP contribution in [0.1, 0.15) is 78.1 Å². The molecule has 136 valence electrons. The molecular formula is C22H36O2. The summed E-state index contributed by atoms with van der Waals surface area (Å²) in [4.78, 5) is 12.0. The number of hydrogen-bond donors (Lipinski definition) is 1. The summed E-state index contributed by atoms with van der Waals surface area (Å²) in [7, 11) is 0. The van der Waals surface area contributed by atoms with Crippen molar-refractivity contribution in [1.82, 2.24) is 0 Å². The van der Waals surface area contributed by atoms with Crippen molar-refractivity contribution in [2.45, 2.75) is 84.2 Å². The van der Waals surface area contributed by atoms with E-state index in [0.29, 0.717) is 0 Å². The maximum absolute atomic E-state index is 12.0. The molecule has 1 aliphatic carbocycles. The summed E-state index contributed by atoms with van der Waals surface area (Å²) in [6, 6.07) is 0. The van der Waals surface area contributed by atoms with E-state index in [-0.39, 0.29) is 23.7 Å². The molecule has 0 radical (unpaired) electrons. The summed E-state index contributed by atoms with van der Waals surface area (Å²) in [6.07, 6.45) is 22.8. The van der Waals surface area contributed by atoms with Crippen LogP contribution in [0.3, 0.4) is 0 Å². The first-order valence-electron chi connectivity index (χ1n) is 9.92. The fraction of sp³-hybridized carbons (Fsp3) is 0.682. The summed E-state index contributed by atoms with van der Waals surface area (Å²) < 4.78 is 0. The number of aliphatic hydroxyl groups is 1. The molecule has 0 aromatic rings. The minimum absolute atomic E-state index is 0.0240. The molecular weight excluding hydrogens is 296 g/mol. The smallest absolute Gasteiger partial charge is 0.159 e. The second-order valence-corrected chi connectivity index (χ2v) is 6.95. The molecule has 0 heterocycles. The molecule has 1 aliphatic rings. The van der Waals surface area contributed by atoms with Gasteiger partial charge in [0.15, 0.2) is 5.78 Å². The van der Waals surface area contributed by atoms with E-state index in [0.717, 1.165) is 25.7 Å². The SMILES string of the molecule is CCCC/C=C/CC1C(=O)C=CC1/C=C/C(O)CCCCCCC. The van der Waals surface area contributed by atoms with Gasteiger partial charge in [-0.05, 0) is 25.3 Å². The minimum Gasteiger partial charge on any atom is -0.389 e. The predicted octanol–water partition coefficient (Wildman–Crippen LogP) is 5.77. The van der Waals surface area contributed by atoms with Gasteiger partial charge in [-0.1, -0.05) is 89.2 Å². The van der Waals surface area contributed by atoms with Crippen molar-refractivity contribution < 1.29 is 9.90 Å². The van der Waals surface area contributed by atoms with Crippen LogP contribution < -0.4 is 0 Å². The average Bonchev–Trinajstić information content (AvgIpc) is 2.93. The average molecular weight is 333 g/mol. The Labute approximate surface area is 148 Å². The number of aliphatic hydroxyl groups excluding tert-OH is 1. The zero-order valence-electron chi connectivity index (χ0n) is 15.6. The Balaban J connectivity index is 2.33. The quantitative estimate of drug-likeness (QED) is 0.343. The molecule has 0 spiro atoms.